The first kappa shape index (κ1) is 31.2. The van der Waals surface area contributed by atoms with E-state index in [9.17, 15) is 15.3 Å². The highest BCUT2D eigenvalue weighted by molar-refractivity contribution is 5.95. The third-order valence-corrected chi connectivity index (χ3v) is 11.7. The summed E-state index contributed by atoms with van der Waals surface area (Å²) in [6.07, 6.45) is 6.85. The van der Waals surface area contributed by atoms with Crippen molar-refractivity contribution in [2.45, 2.75) is 117 Å². The Bertz CT molecular complexity index is 1630. The standard InChI is InChI=1S/C40H52O4/c1-22(2)28-18-30-31(19-32(28)43)40(8)16-10-15-39(7,21-42)38(40)37-34(30)35-33-26(17-29(23(3)4)36(35)44-37)14-13-25(6)27(33)12-9-11-24(5)20-41/h11,13-14,17-19,22-23,34,37-38,41-43H,9-10,12,15-16,20-21H2,1-8H3/b24-11+/t34-,37+,38?,39-,40-/m1/s1. The van der Waals surface area contributed by atoms with Gasteiger partial charge in [0.25, 0.3) is 0 Å². The van der Waals surface area contributed by atoms with Crippen molar-refractivity contribution in [3.05, 3.63) is 80.9 Å². The second kappa shape index (κ2) is 11.2. The number of phenols is 1. The van der Waals surface area contributed by atoms with E-state index in [1.165, 1.54) is 44.2 Å². The van der Waals surface area contributed by atoms with Crippen molar-refractivity contribution in [1.82, 2.24) is 0 Å². The fourth-order valence-electron chi connectivity index (χ4n) is 9.39. The highest BCUT2D eigenvalue weighted by Gasteiger charge is 2.62. The van der Waals surface area contributed by atoms with Crippen molar-refractivity contribution in [3.8, 4) is 11.5 Å². The number of ether oxygens (including phenoxy) is 1. The van der Waals surface area contributed by atoms with Gasteiger partial charge in [0, 0.05) is 18.1 Å². The molecular formula is C40H52O4. The monoisotopic (exact) mass is 596 g/mol. The average Bonchev–Trinajstić information content (AvgIpc) is 3.37. The van der Waals surface area contributed by atoms with Crippen molar-refractivity contribution in [1.29, 1.82) is 0 Å². The molecule has 4 heteroatoms. The summed E-state index contributed by atoms with van der Waals surface area (Å²) in [5.74, 6) is 2.02. The van der Waals surface area contributed by atoms with Gasteiger partial charge in [0.1, 0.15) is 17.6 Å². The van der Waals surface area contributed by atoms with Gasteiger partial charge >= 0.3 is 0 Å². The molecule has 1 heterocycles. The minimum atomic E-state index is -0.291. The molecule has 0 saturated heterocycles. The molecular weight excluding hydrogens is 544 g/mol. The molecule has 5 atom stereocenters. The summed E-state index contributed by atoms with van der Waals surface area (Å²) < 4.78 is 7.37. The van der Waals surface area contributed by atoms with E-state index in [2.05, 4.69) is 84.9 Å². The summed E-state index contributed by atoms with van der Waals surface area (Å²) in [6.45, 7) is 17.9. The second-order valence-corrected chi connectivity index (χ2v) is 15.3. The van der Waals surface area contributed by atoms with Gasteiger partial charge < -0.3 is 20.1 Å². The van der Waals surface area contributed by atoms with Crippen LogP contribution < -0.4 is 4.74 Å². The zero-order valence-corrected chi connectivity index (χ0v) is 28.1. The molecule has 1 saturated carbocycles. The lowest BCUT2D eigenvalue weighted by molar-refractivity contribution is -0.0740. The molecule has 3 aromatic rings. The number of rotatable bonds is 7. The van der Waals surface area contributed by atoms with Gasteiger partial charge in [0.05, 0.1) is 12.5 Å². The van der Waals surface area contributed by atoms with Crippen LogP contribution in [0.2, 0.25) is 0 Å². The van der Waals surface area contributed by atoms with Crippen LogP contribution in [0, 0.1) is 18.3 Å². The predicted octanol–water partition coefficient (Wildman–Crippen LogP) is 8.93. The van der Waals surface area contributed by atoms with E-state index < -0.39 is 0 Å². The Morgan fingerprint density at radius 1 is 1.02 bits per heavy atom. The Balaban J connectivity index is 1.70. The zero-order valence-electron chi connectivity index (χ0n) is 28.1. The minimum Gasteiger partial charge on any atom is -0.508 e. The van der Waals surface area contributed by atoms with Crippen molar-refractivity contribution in [3.63, 3.8) is 0 Å². The molecule has 0 aromatic heterocycles. The molecule has 44 heavy (non-hydrogen) atoms. The molecule has 0 amide bonds. The SMILES string of the molecule is C/C(=C\CCc1c(C)ccc2cc(C(C)C)c3c(c12)[C@H]1c2cc(C(C)C)c(O)cc2[C@@]2(C)CCC[C@](C)(CO)C2[C@H]1O3)CO. The predicted molar refractivity (Wildman–Crippen MR) is 180 cm³/mol. The van der Waals surface area contributed by atoms with Gasteiger partial charge in [0.15, 0.2) is 0 Å². The van der Waals surface area contributed by atoms with E-state index in [4.69, 9.17) is 4.74 Å². The van der Waals surface area contributed by atoms with Crippen LogP contribution in [0.25, 0.3) is 10.8 Å². The molecule has 1 fully saturated rings. The van der Waals surface area contributed by atoms with Crippen molar-refractivity contribution >= 4 is 10.8 Å². The van der Waals surface area contributed by atoms with Gasteiger partial charge in [-0.05, 0) is 118 Å². The molecule has 2 aliphatic carbocycles. The lowest BCUT2D eigenvalue weighted by atomic mass is 9.47. The fraction of sp³-hybridized carbons (Fsp3) is 0.550. The van der Waals surface area contributed by atoms with Crippen LogP contribution in [0.15, 0.2) is 42.0 Å². The van der Waals surface area contributed by atoms with Crippen LogP contribution in [-0.2, 0) is 11.8 Å². The highest BCUT2D eigenvalue weighted by Crippen LogP contribution is 2.66. The number of aliphatic hydroxyl groups excluding tert-OH is 2. The Morgan fingerprint density at radius 2 is 1.75 bits per heavy atom. The number of phenolic OH excluding ortho intramolecular Hbond substituents is 1. The largest absolute Gasteiger partial charge is 0.508 e. The van der Waals surface area contributed by atoms with Gasteiger partial charge in [-0.2, -0.15) is 0 Å². The Hall–Kier alpha value is -2.82. The first-order chi connectivity index (χ1) is 20.9. The number of aryl methyl sites for hydroxylation is 2. The first-order valence-corrected chi connectivity index (χ1v) is 16.9. The summed E-state index contributed by atoms with van der Waals surface area (Å²) in [5.41, 5.74) is 9.19. The molecule has 3 aliphatic rings. The summed E-state index contributed by atoms with van der Waals surface area (Å²) in [4.78, 5) is 0. The minimum absolute atomic E-state index is 0.0108. The number of aromatic hydroxyl groups is 1. The van der Waals surface area contributed by atoms with Gasteiger partial charge in [-0.15, -0.1) is 0 Å². The molecule has 0 spiro atoms. The van der Waals surface area contributed by atoms with Crippen LogP contribution in [0.5, 0.6) is 11.5 Å². The molecule has 1 aliphatic heterocycles. The normalized spacial score (nSPS) is 27.7. The third kappa shape index (κ3) is 4.62. The number of allylic oxidation sites excluding steroid dienone is 1. The Morgan fingerprint density at radius 3 is 2.41 bits per heavy atom. The topological polar surface area (TPSA) is 69.9 Å². The lowest BCUT2D eigenvalue weighted by Gasteiger charge is -2.58. The molecule has 4 nitrogen and oxygen atoms in total. The first-order valence-electron chi connectivity index (χ1n) is 16.9. The number of aliphatic hydroxyl groups is 2. The van der Waals surface area contributed by atoms with Gasteiger partial charge in [-0.1, -0.05) is 77.8 Å². The Kier molecular flexibility index (Phi) is 7.94. The van der Waals surface area contributed by atoms with Crippen molar-refractivity contribution in [2.75, 3.05) is 13.2 Å². The van der Waals surface area contributed by atoms with E-state index >= 15 is 0 Å². The third-order valence-electron chi connectivity index (χ3n) is 11.7. The summed E-state index contributed by atoms with van der Waals surface area (Å²) in [7, 11) is 0. The smallest absolute Gasteiger partial charge is 0.127 e. The van der Waals surface area contributed by atoms with Crippen LogP contribution in [0.4, 0.5) is 0 Å². The van der Waals surface area contributed by atoms with Crippen LogP contribution in [-0.4, -0.2) is 34.6 Å². The van der Waals surface area contributed by atoms with Crippen LogP contribution >= 0.6 is 0 Å². The van der Waals surface area contributed by atoms with Crippen molar-refractivity contribution < 1.29 is 20.1 Å². The molecule has 6 rings (SSSR count). The van der Waals surface area contributed by atoms with E-state index in [1.54, 1.807) is 0 Å². The summed E-state index contributed by atoms with van der Waals surface area (Å²) in [6, 6.07) is 11.3. The van der Waals surface area contributed by atoms with Crippen LogP contribution in [0.3, 0.4) is 0 Å². The summed E-state index contributed by atoms with van der Waals surface area (Å²) >= 11 is 0. The lowest BCUT2D eigenvalue weighted by Crippen LogP contribution is -2.58. The van der Waals surface area contributed by atoms with Crippen LogP contribution in [0.1, 0.15) is 131 Å². The molecule has 236 valence electrons. The van der Waals surface area contributed by atoms with Gasteiger partial charge in [-0.3, -0.25) is 0 Å². The maximum Gasteiger partial charge on any atom is 0.127 e. The maximum absolute atomic E-state index is 11.4. The van der Waals surface area contributed by atoms with Gasteiger partial charge in [-0.25, -0.2) is 0 Å². The van der Waals surface area contributed by atoms with E-state index in [0.717, 1.165) is 49.0 Å². The second-order valence-electron chi connectivity index (χ2n) is 15.3. The molecule has 1 unspecified atom stereocenters. The quantitative estimate of drug-likeness (QED) is 0.238. The molecule has 0 radical (unpaired) electrons. The number of hydrogen-bond donors (Lipinski definition) is 3. The fourth-order valence-corrected chi connectivity index (χ4v) is 9.39. The molecule has 3 aromatic carbocycles. The Labute approximate surface area is 264 Å². The van der Waals surface area contributed by atoms with E-state index in [-0.39, 0.29) is 47.9 Å². The van der Waals surface area contributed by atoms with E-state index in [0.29, 0.717) is 11.7 Å². The highest BCUT2D eigenvalue weighted by atomic mass is 16.5. The summed E-state index contributed by atoms with van der Waals surface area (Å²) in [5, 5.41) is 34.6. The number of hydrogen-bond acceptors (Lipinski definition) is 4. The number of fused-ring (bicyclic) bond motifs is 10. The number of benzene rings is 3. The molecule has 3 N–H and O–H groups in total. The maximum atomic E-state index is 11.4. The zero-order chi connectivity index (χ0) is 31.7. The van der Waals surface area contributed by atoms with Crippen molar-refractivity contribution in [2.24, 2.45) is 11.3 Å². The average molecular weight is 597 g/mol. The van der Waals surface area contributed by atoms with Gasteiger partial charge in [0.2, 0.25) is 0 Å². The molecule has 0 bridgehead atoms. The van der Waals surface area contributed by atoms with E-state index in [1.807, 2.05) is 6.92 Å².